The van der Waals surface area contributed by atoms with Gasteiger partial charge in [-0.3, -0.25) is 14.4 Å². The normalized spacial score (nSPS) is 12.9. The Labute approximate surface area is 162 Å². The fraction of sp³-hybridized carbons (Fsp3) is 0.286. The van der Waals surface area contributed by atoms with Gasteiger partial charge in [-0.2, -0.15) is 0 Å². The standard InChI is InChI=1S/C21H21NO6/c1-13(15-6-4-3-5-7-15)8-21(25)26-11-20(24)22-17-10-19-18(27-12-28-19)9-16(17)14(2)23/h3-7,9-10,13H,8,11-12H2,1-2H3,(H,22,24)/t13-/m1/s1. The van der Waals surface area contributed by atoms with Crippen LogP contribution in [0.1, 0.15) is 42.1 Å². The molecule has 1 N–H and O–H groups in total. The van der Waals surface area contributed by atoms with Crippen molar-refractivity contribution in [1.29, 1.82) is 0 Å². The van der Waals surface area contributed by atoms with Crippen LogP contribution in [0.2, 0.25) is 0 Å². The van der Waals surface area contributed by atoms with Crippen molar-refractivity contribution in [2.45, 2.75) is 26.2 Å². The van der Waals surface area contributed by atoms with E-state index in [1.54, 1.807) is 0 Å². The average Bonchev–Trinajstić information content (AvgIpc) is 3.13. The van der Waals surface area contributed by atoms with E-state index in [4.69, 9.17) is 14.2 Å². The predicted molar refractivity (Wildman–Crippen MR) is 102 cm³/mol. The summed E-state index contributed by atoms with van der Waals surface area (Å²) in [5.74, 6) is -0.373. The molecule has 0 spiro atoms. The van der Waals surface area contributed by atoms with Gasteiger partial charge in [0.1, 0.15) is 0 Å². The van der Waals surface area contributed by atoms with E-state index < -0.39 is 18.5 Å². The third-order valence-corrected chi connectivity index (χ3v) is 4.37. The topological polar surface area (TPSA) is 90.9 Å². The summed E-state index contributed by atoms with van der Waals surface area (Å²) < 4.78 is 15.6. The molecular weight excluding hydrogens is 362 g/mol. The van der Waals surface area contributed by atoms with Crippen LogP contribution in [0.4, 0.5) is 5.69 Å². The molecule has 0 bridgehead atoms. The van der Waals surface area contributed by atoms with E-state index in [1.807, 2.05) is 37.3 Å². The zero-order valence-electron chi connectivity index (χ0n) is 15.7. The lowest BCUT2D eigenvalue weighted by Crippen LogP contribution is -2.22. The second kappa shape index (κ2) is 8.56. The van der Waals surface area contributed by atoms with E-state index in [9.17, 15) is 14.4 Å². The van der Waals surface area contributed by atoms with Gasteiger partial charge >= 0.3 is 5.97 Å². The van der Waals surface area contributed by atoms with Crippen molar-refractivity contribution >= 4 is 23.3 Å². The maximum atomic E-state index is 12.2. The highest BCUT2D eigenvalue weighted by atomic mass is 16.7. The summed E-state index contributed by atoms with van der Waals surface area (Å²) in [7, 11) is 0. The Bertz CT molecular complexity index is 893. The Morgan fingerprint density at radius 2 is 1.79 bits per heavy atom. The zero-order valence-corrected chi connectivity index (χ0v) is 15.7. The van der Waals surface area contributed by atoms with Gasteiger partial charge in [0.15, 0.2) is 23.9 Å². The van der Waals surface area contributed by atoms with Gasteiger partial charge in [-0.1, -0.05) is 37.3 Å². The van der Waals surface area contributed by atoms with Gasteiger partial charge in [0.2, 0.25) is 6.79 Å². The van der Waals surface area contributed by atoms with Gasteiger partial charge < -0.3 is 19.5 Å². The summed E-state index contributed by atoms with van der Waals surface area (Å²) in [6, 6.07) is 12.6. The molecule has 28 heavy (non-hydrogen) atoms. The maximum Gasteiger partial charge on any atom is 0.306 e. The van der Waals surface area contributed by atoms with Crippen LogP contribution < -0.4 is 14.8 Å². The van der Waals surface area contributed by atoms with Crippen LogP contribution in [0.3, 0.4) is 0 Å². The third kappa shape index (κ3) is 4.68. The zero-order chi connectivity index (χ0) is 20.1. The van der Waals surface area contributed by atoms with Gasteiger partial charge in [-0.05, 0) is 24.5 Å². The lowest BCUT2D eigenvalue weighted by molar-refractivity contribution is -0.147. The van der Waals surface area contributed by atoms with E-state index >= 15 is 0 Å². The lowest BCUT2D eigenvalue weighted by Gasteiger charge is -2.13. The minimum atomic E-state index is -0.540. The Morgan fingerprint density at radius 1 is 1.11 bits per heavy atom. The predicted octanol–water partition coefficient (Wildman–Crippen LogP) is 3.29. The molecular formula is C21H21NO6. The SMILES string of the molecule is CC(=O)c1cc2c(cc1NC(=O)COC(=O)C[C@@H](C)c1ccccc1)OCO2. The Kier molecular flexibility index (Phi) is 5.93. The summed E-state index contributed by atoms with van der Waals surface area (Å²) in [4.78, 5) is 36.0. The first-order valence-electron chi connectivity index (χ1n) is 8.89. The Hall–Kier alpha value is -3.35. The quantitative estimate of drug-likeness (QED) is 0.583. The number of benzene rings is 2. The maximum absolute atomic E-state index is 12.2. The molecule has 0 saturated heterocycles. The second-order valence-electron chi connectivity index (χ2n) is 6.53. The van der Waals surface area contributed by atoms with E-state index in [0.29, 0.717) is 17.1 Å². The first-order chi connectivity index (χ1) is 13.4. The third-order valence-electron chi connectivity index (χ3n) is 4.37. The molecule has 0 fully saturated rings. The minimum Gasteiger partial charge on any atom is -0.456 e. The number of hydrogen-bond donors (Lipinski definition) is 1. The number of Topliss-reactive ketones (excluding diaryl/α,β-unsaturated/α-hetero) is 1. The van der Waals surface area contributed by atoms with Crippen LogP contribution in [0, 0.1) is 0 Å². The van der Waals surface area contributed by atoms with Gasteiger partial charge in [-0.25, -0.2) is 0 Å². The summed E-state index contributed by atoms with van der Waals surface area (Å²) in [5.41, 5.74) is 1.60. The summed E-state index contributed by atoms with van der Waals surface area (Å²) in [6.45, 7) is 2.92. The average molecular weight is 383 g/mol. The number of hydrogen-bond acceptors (Lipinski definition) is 6. The van der Waals surface area contributed by atoms with E-state index in [1.165, 1.54) is 19.1 Å². The molecule has 146 valence electrons. The van der Waals surface area contributed by atoms with Crippen LogP contribution in [0.25, 0.3) is 0 Å². The Balaban J connectivity index is 1.56. The first kappa shape index (κ1) is 19.4. The van der Waals surface area contributed by atoms with Crippen molar-refractivity contribution in [3.8, 4) is 11.5 Å². The first-order valence-corrected chi connectivity index (χ1v) is 8.89. The van der Waals surface area contributed by atoms with Gasteiger partial charge in [0.25, 0.3) is 5.91 Å². The number of carbonyl (C=O) groups is 3. The molecule has 7 heteroatoms. The molecule has 1 aliphatic heterocycles. The number of ketones is 1. The number of carbonyl (C=O) groups excluding carboxylic acids is 3. The monoisotopic (exact) mass is 383 g/mol. The highest BCUT2D eigenvalue weighted by molar-refractivity contribution is 6.05. The molecule has 0 saturated carbocycles. The van der Waals surface area contributed by atoms with E-state index in [-0.39, 0.29) is 30.6 Å². The van der Waals surface area contributed by atoms with Crippen molar-refractivity contribution in [1.82, 2.24) is 0 Å². The van der Waals surface area contributed by atoms with Crippen molar-refractivity contribution in [2.24, 2.45) is 0 Å². The number of rotatable bonds is 7. The molecule has 0 unspecified atom stereocenters. The molecule has 1 heterocycles. The molecule has 0 radical (unpaired) electrons. The number of fused-ring (bicyclic) bond motifs is 1. The van der Waals surface area contributed by atoms with Crippen molar-refractivity contribution in [3.05, 3.63) is 53.6 Å². The molecule has 3 rings (SSSR count). The summed E-state index contributed by atoms with van der Waals surface area (Å²) in [5, 5.41) is 2.59. The summed E-state index contributed by atoms with van der Waals surface area (Å²) in [6.07, 6.45) is 0.167. The molecule has 1 atom stereocenters. The fourth-order valence-electron chi connectivity index (χ4n) is 2.88. The number of amides is 1. The number of nitrogens with one attached hydrogen (secondary N) is 1. The van der Waals surface area contributed by atoms with E-state index in [2.05, 4.69) is 5.32 Å². The molecule has 2 aromatic carbocycles. The highest BCUT2D eigenvalue weighted by Crippen LogP contribution is 2.37. The number of ether oxygens (including phenoxy) is 3. The lowest BCUT2D eigenvalue weighted by atomic mass is 9.98. The molecule has 1 amide bonds. The molecule has 1 aliphatic rings. The van der Waals surface area contributed by atoms with Crippen LogP contribution in [-0.4, -0.2) is 31.1 Å². The second-order valence-corrected chi connectivity index (χ2v) is 6.53. The largest absolute Gasteiger partial charge is 0.456 e. The van der Waals surface area contributed by atoms with Crippen molar-refractivity contribution < 1.29 is 28.6 Å². The molecule has 0 aliphatic carbocycles. The molecule has 0 aromatic heterocycles. The minimum absolute atomic E-state index is 0.0186. The van der Waals surface area contributed by atoms with Gasteiger partial charge in [-0.15, -0.1) is 0 Å². The molecule has 2 aromatic rings. The fourth-order valence-corrected chi connectivity index (χ4v) is 2.88. The number of anilines is 1. The van der Waals surface area contributed by atoms with Gasteiger partial charge in [0.05, 0.1) is 12.1 Å². The van der Waals surface area contributed by atoms with E-state index in [0.717, 1.165) is 5.56 Å². The van der Waals surface area contributed by atoms with Crippen LogP contribution in [0.15, 0.2) is 42.5 Å². The van der Waals surface area contributed by atoms with Gasteiger partial charge in [0, 0.05) is 11.6 Å². The smallest absolute Gasteiger partial charge is 0.306 e. The van der Waals surface area contributed by atoms with Crippen LogP contribution in [0.5, 0.6) is 11.5 Å². The van der Waals surface area contributed by atoms with Crippen molar-refractivity contribution in [2.75, 3.05) is 18.7 Å². The van der Waals surface area contributed by atoms with Crippen LogP contribution >= 0.6 is 0 Å². The summed E-state index contributed by atoms with van der Waals surface area (Å²) >= 11 is 0. The van der Waals surface area contributed by atoms with Crippen LogP contribution in [-0.2, 0) is 14.3 Å². The Morgan fingerprint density at radius 3 is 2.46 bits per heavy atom. The molecule has 7 nitrogen and oxygen atoms in total. The highest BCUT2D eigenvalue weighted by Gasteiger charge is 2.21. The number of esters is 1. The van der Waals surface area contributed by atoms with Crippen molar-refractivity contribution in [3.63, 3.8) is 0 Å².